The molecule has 0 radical (unpaired) electrons. The summed E-state index contributed by atoms with van der Waals surface area (Å²) in [4.78, 5) is 37.0. The van der Waals surface area contributed by atoms with Crippen LogP contribution in [0.3, 0.4) is 0 Å². The second-order valence-electron chi connectivity index (χ2n) is 6.90. The van der Waals surface area contributed by atoms with E-state index in [1.807, 2.05) is 24.3 Å². The number of benzene rings is 2. The van der Waals surface area contributed by atoms with Gasteiger partial charge in [-0.05, 0) is 48.7 Å². The quantitative estimate of drug-likeness (QED) is 0.588. The monoisotopic (exact) mass is 381 g/mol. The highest BCUT2D eigenvalue weighted by molar-refractivity contribution is 5.94. The maximum Gasteiger partial charge on any atom is 0.312 e. The molecular formula is C22H23NO5. The van der Waals surface area contributed by atoms with Crippen molar-refractivity contribution in [3.63, 3.8) is 0 Å². The number of carbonyl (C=O) groups is 3. The predicted molar refractivity (Wildman–Crippen MR) is 103 cm³/mol. The summed E-state index contributed by atoms with van der Waals surface area (Å²) in [5.41, 5.74) is 2.30. The number of carboxylic acid groups (broad SMARTS) is 1. The zero-order valence-corrected chi connectivity index (χ0v) is 15.8. The van der Waals surface area contributed by atoms with Gasteiger partial charge in [-0.25, -0.2) is 0 Å². The maximum absolute atomic E-state index is 12.5. The van der Waals surface area contributed by atoms with Crippen molar-refractivity contribution in [3.8, 4) is 5.75 Å². The molecule has 1 amide bonds. The molecule has 0 aliphatic carbocycles. The summed E-state index contributed by atoms with van der Waals surface area (Å²) in [7, 11) is 0. The van der Waals surface area contributed by atoms with Gasteiger partial charge in [0.05, 0.1) is 12.5 Å². The summed E-state index contributed by atoms with van der Waals surface area (Å²) in [6.45, 7) is 2.51. The fourth-order valence-corrected chi connectivity index (χ4v) is 3.37. The molecule has 0 saturated heterocycles. The number of ether oxygens (including phenoxy) is 1. The van der Waals surface area contributed by atoms with Crippen LogP contribution in [0.15, 0.2) is 48.5 Å². The molecule has 1 atom stereocenters. The van der Waals surface area contributed by atoms with Gasteiger partial charge in [-0.1, -0.05) is 24.3 Å². The van der Waals surface area contributed by atoms with Crippen molar-refractivity contribution in [2.24, 2.45) is 0 Å². The Morgan fingerprint density at radius 1 is 1.11 bits per heavy atom. The standard InChI is InChI=1S/C22H23NO5/c1-15(24)16-8-10-18(11-9-16)28-12-4-7-21(25)23-13-17-5-2-3-6-19(17)20(14-23)22(26)27/h2-3,5-6,8-11,20H,4,7,12-14H2,1H3,(H,26,27). The zero-order valence-electron chi connectivity index (χ0n) is 15.8. The summed E-state index contributed by atoms with van der Waals surface area (Å²) in [6.07, 6.45) is 0.823. The molecular weight excluding hydrogens is 358 g/mol. The van der Waals surface area contributed by atoms with Crippen LogP contribution in [-0.4, -0.2) is 40.8 Å². The number of carbonyl (C=O) groups excluding carboxylic acids is 2. The maximum atomic E-state index is 12.5. The Morgan fingerprint density at radius 2 is 1.82 bits per heavy atom. The first-order valence-electron chi connectivity index (χ1n) is 9.28. The molecule has 1 N–H and O–H groups in total. The molecule has 1 heterocycles. The lowest BCUT2D eigenvalue weighted by Crippen LogP contribution is -2.40. The van der Waals surface area contributed by atoms with E-state index in [0.717, 1.165) is 11.1 Å². The molecule has 0 fully saturated rings. The molecule has 2 aromatic rings. The van der Waals surface area contributed by atoms with Gasteiger partial charge in [0.2, 0.25) is 5.91 Å². The van der Waals surface area contributed by atoms with Gasteiger partial charge < -0.3 is 14.7 Å². The van der Waals surface area contributed by atoms with Crippen molar-refractivity contribution in [3.05, 3.63) is 65.2 Å². The normalized spacial score (nSPS) is 15.6. The number of Topliss-reactive ketones (excluding diaryl/α,β-unsaturated/α-hetero) is 1. The van der Waals surface area contributed by atoms with Crippen LogP contribution in [0, 0.1) is 0 Å². The molecule has 6 nitrogen and oxygen atoms in total. The van der Waals surface area contributed by atoms with Crippen LogP contribution in [0.5, 0.6) is 5.75 Å². The molecule has 0 bridgehead atoms. The van der Waals surface area contributed by atoms with Crippen molar-refractivity contribution in [2.75, 3.05) is 13.2 Å². The molecule has 1 aliphatic heterocycles. The fourth-order valence-electron chi connectivity index (χ4n) is 3.37. The van der Waals surface area contributed by atoms with E-state index in [1.165, 1.54) is 6.92 Å². The number of amides is 1. The second-order valence-corrected chi connectivity index (χ2v) is 6.90. The van der Waals surface area contributed by atoms with E-state index in [4.69, 9.17) is 4.74 Å². The van der Waals surface area contributed by atoms with E-state index in [9.17, 15) is 19.5 Å². The number of hydrogen-bond donors (Lipinski definition) is 1. The minimum absolute atomic E-state index is 0.0000770. The van der Waals surface area contributed by atoms with E-state index in [0.29, 0.717) is 37.3 Å². The first kappa shape index (κ1) is 19.6. The lowest BCUT2D eigenvalue weighted by molar-refractivity contribution is -0.141. The first-order valence-corrected chi connectivity index (χ1v) is 9.28. The molecule has 1 unspecified atom stereocenters. The third-order valence-corrected chi connectivity index (χ3v) is 4.91. The van der Waals surface area contributed by atoms with Crippen LogP contribution < -0.4 is 4.74 Å². The number of nitrogens with zero attached hydrogens (tertiary/aromatic N) is 1. The smallest absolute Gasteiger partial charge is 0.312 e. The van der Waals surface area contributed by atoms with Crippen molar-refractivity contribution >= 4 is 17.7 Å². The van der Waals surface area contributed by atoms with Gasteiger partial charge in [-0.3, -0.25) is 14.4 Å². The largest absolute Gasteiger partial charge is 0.494 e. The van der Waals surface area contributed by atoms with Gasteiger partial charge >= 0.3 is 5.97 Å². The van der Waals surface area contributed by atoms with Crippen molar-refractivity contribution in [1.29, 1.82) is 0 Å². The average molecular weight is 381 g/mol. The molecule has 28 heavy (non-hydrogen) atoms. The number of hydrogen-bond acceptors (Lipinski definition) is 4. The molecule has 0 spiro atoms. The molecule has 0 saturated carbocycles. The van der Waals surface area contributed by atoms with Crippen LogP contribution >= 0.6 is 0 Å². The minimum atomic E-state index is -0.915. The Morgan fingerprint density at radius 3 is 2.50 bits per heavy atom. The highest BCUT2D eigenvalue weighted by atomic mass is 16.5. The number of rotatable bonds is 7. The summed E-state index contributed by atoms with van der Waals surface area (Å²) in [6, 6.07) is 14.3. The van der Waals surface area contributed by atoms with E-state index in [-0.39, 0.29) is 18.2 Å². The molecule has 146 valence electrons. The van der Waals surface area contributed by atoms with Crippen molar-refractivity contribution < 1.29 is 24.2 Å². The van der Waals surface area contributed by atoms with E-state index in [1.54, 1.807) is 29.2 Å². The molecule has 1 aliphatic rings. The van der Waals surface area contributed by atoms with Gasteiger partial charge in [0.15, 0.2) is 5.78 Å². The van der Waals surface area contributed by atoms with Crippen LogP contribution in [0.4, 0.5) is 0 Å². The van der Waals surface area contributed by atoms with E-state index in [2.05, 4.69) is 0 Å². The van der Waals surface area contributed by atoms with Crippen LogP contribution in [-0.2, 0) is 16.1 Å². The fraction of sp³-hybridized carbons (Fsp3) is 0.318. The Bertz CT molecular complexity index is 875. The van der Waals surface area contributed by atoms with Gasteiger partial charge in [-0.15, -0.1) is 0 Å². The molecule has 0 aromatic heterocycles. The number of carboxylic acids is 1. The summed E-state index contributed by atoms with van der Waals surface area (Å²) in [5, 5.41) is 9.50. The van der Waals surface area contributed by atoms with Gasteiger partial charge in [-0.2, -0.15) is 0 Å². The van der Waals surface area contributed by atoms with E-state index < -0.39 is 11.9 Å². The van der Waals surface area contributed by atoms with Gasteiger partial charge in [0.1, 0.15) is 5.75 Å². The highest BCUT2D eigenvalue weighted by Gasteiger charge is 2.31. The van der Waals surface area contributed by atoms with Gasteiger partial charge in [0.25, 0.3) is 0 Å². The third kappa shape index (κ3) is 4.57. The zero-order chi connectivity index (χ0) is 20.1. The molecule has 3 rings (SSSR count). The lowest BCUT2D eigenvalue weighted by atomic mass is 9.89. The lowest BCUT2D eigenvalue weighted by Gasteiger charge is -2.33. The summed E-state index contributed by atoms with van der Waals surface area (Å²) in [5.74, 6) is -1.03. The van der Waals surface area contributed by atoms with Crippen LogP contribution in [0.25, 0.3) is 0 Å². The molecule has 2 aromatic carbocycles. The third-order valence-electron chi connectivity index (χ3n) is 4.91. The minimum Gasteiger partial charge on any atom is -0.494 e. The van der Waals surface area contributed by atoms with Crippen LogP contribution in [0.1, 0.15) is 47.2 Å². The number of aliphatic carboxylic acids is 1. The second kappa shape index (κ2) is 8.69. The summed E-state index contributed by atoms with van der Waals surface area (Å²) >= 11 is 0. The topological polar surface area (TPSA) is 83.9 Å². The van der Waals surface area contributed by atoms with E-state index >= 15 is 0 Å². The number of ketones is 1. The Balaban J connectivity index is 1.51. The van der Waals surface area contributed by atoms with Gasteiger partial charge in [0, 0.05) is 25.1 Å². The van der Waals surface area contributed by atoms with Crippen LogP contribution in [0.2, 0.25) is 0 Å². The Hall–Kier alpha value is -3.15. The van der Waals surface area contributed by atoms with Crippen molar-refractivity contribution in [1.82, 2.24) is 4.90 Å². The predicted octanol–water partition coefficient (Wildman–Crippen LogP) is 3.26. The number of fused-ring (bicyclic) bond motifs is 1. The summed E-state index contributed by atoms with van der Waals surface area (Å²) < 4.78 is 5.62. The average Bonchev–Trinajstić information content (AvgIpc) is 2.70. The highest BCUT2D eigenvalue weighted by Crippen LogP contribution is 2.29. The first-order chi connectivity index (χ1) is 13.5. The Kier molecular flexibility index (Phi) is 6.09. The Labute approximate surface area is 163 Å². The SMILES string of the molecule is CC(=O)c1ccc(OCCCC(=O)N2Cc3ccccc3C(C(=O)O)C2)cc1. The van der Waals surface area contributed by atoms with Crippen molar-refractivity contribution in [2.45, 2.75) is 32.2 Å². The molecule has 6 heteroatoms.